The number of halogens is 2. The third-order valence-corrected chi connectivity index (χ3v) is 5.60. The monoisotopic (exact) mass is 419 g/mol. The van der Waals surface area contributed by atoms with E-state index in [0.29, 0.717) is 22.9 Å². The molecule has 1 aliphatic heterocycles. The molecular formula is C19H15BrClNO3. The highest BCUT2D eigenvalue weighted by atomic mass is 79.9. The molecule has 0 amide bonds. The van der Waals surface area contributed by atoms with E-state index < -0.39 is 4.83 Å². The van der Waals surface area contributed by atoms with Crippen LogP contribution in [0.3, 0.4) is 0 Å². The number of hydrogen-bond donors (Lipinski definition) is 1. The third-order valence-electron chi connectivity index (χ3n) is 4.46. The number of ketones is 1. The molecule has 0 aliphatic carbocycles. The first-order chi connectivity index (χ1) is 12.1. The second-order valence-corrected chi connectivity index (χ2v) is 7.27. The molecule has 2 heterocycles. The summed E-state index contributed by atoms with van der Waals surface area (Å²) in [6, 6.07) is 9.26. The molecule has 0 radical (unpaired) electrons. The summed E-state index contributed by atoms with van der Waals surface area (Å²) in [5, 5.41) is 1.47. The number of carbonyl (C=O) groups excluding carboxylic acids is 1. The SMILES string of the molecule is COc1cc(Cl)ccc1C(Br)C(=O)c1c[nH]c2cc3c(cc12)CCO3. The van der Waals surface area contributed by atoms with Gasteiger partial charge in [0, 0.05) is 45.7 Å². The number of alkyl halides is 1. The number of rotatable bonds is 4. The van der Waals surface area contributed by atoms with E-state index in [4.69, 9.17) is 21.1 Å². The minimum Gasteiger partial charge on any atom is -0.496 e. The number of aromatic nitrogens is 1. The molecule has 25 heavy (non-hydrogen) atoms. The van der Waals surface area contributed by atoms with E-state index in [2.05, 4.69) is 20.9 Å². The van der Waals surface area contributed by atoms with Crippen LogP contribution in [0, 0.1) is 0 Å². The van der Waals surface area contributed by atoms with Crippen molar-refractivity contribution >= 4 is 44.2 Å². The molecule has 4 nitrogen and oxygen atoms in total. The van der Waals surface area contributed by atoms with Crippen LogP contribution in [-0.2, 0) is 6.42 Å². The molecule has 1 unspecified atom stereocenters. The van der Waals surface area contributed by atoms with E-state index >= 15 is 0 Å². The van der Waals surface area contributed by atoms with Crippen LogP contribution >= 0.6 is 27.5 Å². The van der Waals surface area contributed by atoms with Gasteiger partial charge < -0.3 is 14.5 Å². The van der Waals surface area contributed by atoms with E-state index in [9.17, 15) is 4.79 Å². The molecular weight excluding hydrogens is 406 g/mol. The number of Topliss-reactive ketones (excluding diaryl/α,β-unsaturated/α-hetero) is 1. The van der Waals surface area contributed by atoms with Crippen LogP contribution in [0.25, 0.3) is 10.9 Å². The highest BCUT2D eigenvalue weighted by molar-refractivity contribution is 9.09. The number of H-pyrrole nitrogens is 1. The van der Waals surface area contributed by atoms with Crippen LogP contribution in [0.4, 0.5) is 0 Å². The van der Waals surface area contributed by atoms with Crippen LogP contribution < -0.4 is 9.47 Å². The number of aromatic amines is 1. The maximum atomic E-state index is 13.1. The normalized spacial score (nSPS) is 14.2. The quantitative estimate of drug-likeness (QED) is 0.473. The van der Waals surface area contributed by atoms with Gasteiger partial charge in [-0.1, -0.05) is 33.6 Å². The summed E-state index contributed by atoms with van der Waals surface area (Å²) < 4.78 is 11.0. The Morgan fingerprint density at radius 1 is 1.36 bits per heavy atom. The topological polar surface area (TPSA) is 51.3 Å². The minimum absolute atomic E-state index is 0.0364. The van der Waals surface area contributed by atoms with Crippen molar-refractivity contribution in [3.05, 3.63) is 58.2 Å². The molecule has 1 aliphatic rings. The minimum atomic E-state index is -0.525. The van der Waals surface area contributed by atoms with Crippen molar-refractivity contribution in [3.8, 4) is 11.5 Å². The molecule has 2 aromatic carbocycles. The predicted octanol–water partition coefficient (Wildman–Crippen LogP) is 5.08. The molecule has 3 aromatic rings. The Kier molecular flexibility index (Phi) is 4.21. The van der Waals surface area contributed by atoms with Crippen LogP contribution in [0.1, 0.15) is 26.3 Å². The van der Waals surface area contributed by atoms with Crippen LogP contribution in [0.2, 0.25) is 5.02 Å². The maximum Gasteiger partial charge on any atom is 0.183 e. The van der Waals surface area contributed by atoms with E-state index in [1.165, 1.54) is 0 Å². The van der Waals surface area contributed by atoms with Gasteiger partial charge in [-0.2, -0.15) is 0 Å². The standard InChI is InChI=1S/C19H15BrClNO3/c1-24-17-7-11(21)2-3-12(17)18(20)19(23)14-9-22-15-8-16-10(4-5-25-16)6-13(14)15/h2-3,6-9,18,22H,4-5H2,1H3. The number of ether oxygens (including phenoxy) is 2. The molecule has 1 atom stereocenters. The zero-order valence-corrected chi connectivity index (χ0v) is 15.8. The lowest BCUT2D eigenvalue weighted by atomic mass is 10.00. The molecule has 0 spiro atoms. The van der Waals surface area contributed by atoms with E-state index in [1.54, 1.807) is 31.5 Å². The summed E-state index contributed by atoms with van der Waals surface area (Å²) in [5.41, 5.74) is 3.42. The van der Waals surface area contributed by atoms with Crippen molar-refractivity contribution in [2.24, 2.45) is 0 Å². The van der Waals surface area contributed by atoms with E-state index in [-0.39, 0.29) is 5.78 Å². The largest absolute Gasteiger partial charge is 0.496 e. The molecule has 0 saturated heterocycles. The van der Waals surface area contributed by atoms with Crippen LogP contribution in [-0.4, -0.2) is 24.5 Å². The Morgan fingerprint density at radius 2 is 2.20 bits per heavy atom. The van der Waals surface area contributed by atoms with Crippen molar-refractivity contribution < 1.29 is 14.3 Å². The molecule has 1 aromatic heterocycles. The number of methoxy groups -OCH3 is 1. The van der Waals surface area contributed by atoms with Crippen LogP contribution in [0.15, 0.2) is 36.5 Å². The average Bonchev–Trinajstić information content (AvgIpc) is 3.24. The zero-order valence-electron chi connectivity index (χ0n) is 13.4. The maximum absolute atomic E-state index is 13.1. The van der Waals surface area contributed by atoms with Gasteiger partial charge in [-0.25, -0.2) is 0 Å². The highest BCUT2D eigenvalue weighted by Crippen LogP contribution is 2.38. The van der Waals surface area contributed by atoms with Gasteiger partial charge in [0.2, 0.25) is 0 Å². The lowest BCUT2D eigenvalue weighted by Crippen LogP contribution is -2.08. The number of nitrogens with one attached hydrogen (secondary N) is 1. The summed E-state index contributed by atoms with van der Waals surface area (Å²) in [6.07, 6.45) is 2.62. The molecule has 6 heteroatoms. The molecule has 0 fully saturated rings. The first-order valence-electron chi connectivity index (χ1n) is 7.87. The van der Waals surface area contributed by atoms with Gasteiger partial charge in [0.1, 0.15) is 16.3 Å². The summed E-state index contributed by atoms with van der Waals surface area (Å²) >= 11 is 9.54. The van der Waals surface area contributed by atoms with E-state index in [0.717, 1.165) is 34.2 Å². The molecule has 128 valence electrons. The van der Waals surface area contributed by atoms with Gasteiger partial charge in [-0.15, -0.1) is 0 Å². The number of hydrogen-bond acceptors (Lipinski definition) is 3. The summed E-state index contributed by atoms with van der Waals surface area (Å²) in [5.74, 6) is 1.44. The zero-order chi connectivity index (χ0) is 17.6. The Bertz CT molecular complexity index is 982. The fourth-order valence-electron chi connectivity index (χ4n) is 3.17. The van der Waals surface area contributed by atoms with Crippen molar-refractivity contribution in [1.82, 2.24) is 4.98 Å². The fourth-order valence-corrected chi connectivity index (χ4v) is 3.96. The second kappa shape index (κ2) is 6.39. The van der Waals surface area contributed by atoms with Gasteiger partial charge in [0.05, 0.1) is 13.7 Å². The first kappa shape index (κ1) is 16.5. The summed E-state index contributed by atoms with van der Waals surface area (Å²) in [7, 11) is 1.56. The van der Waals surface area contributed by atoms with Gasteiger partial charge in [0.15, 0.2) is 5.78 Å². The Hall–Kier alpha value is -1.98. The second-order valence-electron chi connectivity index (χ2n) is 5.92. The van der Waals surface area contributed by atoms with Gasteiger partial charge in [0.25, 0.3) is 0 Å². The summed E-state index contributed by atoms with van der Waals surface area (Å²) in [6.45, 7) is 0.689. The predicted molar refractivity (Wildman–Crippen MR) is 102 cm³/mol. The fraction of sp³-hybridized carbons (Fsp3) is 0.211. The van der Waals surface area contributed by atoms with Crippen molar-refractivity contribution in [2.75, 3.05) is 13.7 Å². The Labute approximate surface area is 158 Å². The number of carbonyl (C=O) groups is 1. The van der Waals surface area contributed by atoms with Crippen molar-refractivity contribution in [3.63, 3.8) is 0 Å². The molecule has 4 rings (SSSR count). The highest BCUT2D eigenvalue weighted by Gasteiger charge is 2.26. The lowest BCUT2D eigenvalue weighted by molar-refractivity contribution is 0.0992. The molecule has 0 saturated carbocycles. The first-order valence-corrected chi connectivity index (χ1v) is 9.16. The lowest BCUT2D eigenvalue weighted by Gasteiger charge is -2.13. The van der Waals surface area contributed by atoms with Gasteiger partial charge in [-0.05, 0) is 23.8 Å². The Balaban J connectivity index is 1.75. The average molecular weight is 421 g/mol. The molecule has 1 N–H and O–H groups in total. The van der Waals surface area contributed by atoms with Crippen LogP contribution in [0.5, 0.6) is 11.5 Å². The van der Waals surface area contributed by atoms with Gasteiger partial charge in [-0.3, -0.25) is 4.79 Å². The van der Waals surface area contributed by atoms with Crippen molar-refractivity contribution in [1.29, 1.82) is 0 Å². The van der Waals surface area contributed by atoms with Crippen molar-refractivity contribution in [2.45, 2.75) is 11.2 Å². The smallest absolute Gasteiger partial charge is 0.183 e. The summed E-state index contributed by atoms with van der Waals surface area (Å²) in [4.78, 5) is 15.7. The number of fused-ring (bicyclic) bond motifs is 2. The number of benzene rings is 2. The molecule has 0 bridgehead atoms. The Morgan fingerprint density at radius 3 is 3.00 bits per heavy atom. The van der Waals surface area contributed by atoms with E-state index in [1.807, 2.05) is 12.1 Å². The third kappa shape index (κ3) is 2.81. The van der Waals surface area contributed by atoms with Gasteiger partial charge >= 0.3 is 0 Å².